The maximum atomic E-state index is 13.3. The third-order valence-corrected chi connectivity index (χ3v) is 1.78. The molecule has 0 spiro atoms. The van der Waals surface area contributed by atoms with E-state index in [0.717, 1.165) is 6.07 Å². The second-order valence-corrected chi connectivity index (χ2v) is 2.95. The quantitative estimate of drug-likeness (QED) is 0.446. The Morgan fingerprint density at radius 2 is 2.20 bits per heavy atom. The highest BCUT2D eigenvalue weighted by Crippen LogP contribution is 2.18. The first kappa shape index (κ1) is 11.4. The molecule has 0 aliphatic rings. The summed E-state index contributed by atoms with van der Waals surface area (Å²) in [4.78, 5) is 0. The molecule has 1 aromatic carbocycles. The van der Waals surface area contributed by atoms with Crippen LogP contribution >= 0.6 is 0 Å². The number of nitrogens with two attached hydrogens (primary N) is 1. The number of ether oxygens (including phenoxy) is 1. The third-order valence-electron chi connectivity index (χ3n) is 1.78. The summed E-state index contributed by atoms with van der Waals surface area (Å²) in [5.74, 6) is -0.751. The highest BCUT2D eigenvalue weighted by molar-refractivity contribution is 5.95. The van der Waals surface area contributed by atoms with Crippen LogP contribution in [0.15, 0.2) is 18.2 Å². The standard InChI is InChI=1S/C10H12F2N2O/c11-4-1-5-15-9-3-2-7(10(13)14)6-8(9)12/h2-3,6H,1,4-5H2,(H3,13,14). The number of nitrogen functional groups attached to an aromatic ring is 1. The largest absolute Gasteiger partial charge is 0.490 e. The Bertz CT molecular complexity index is 355. The van der Waals surface area contributed by atoms with Crippen LogP contribution in [0.4, 0.5) is 8.78 Å². The number of alkyl halides is 1. The highest BCUT2D eigenvalue weighted by Gasteiger charge is 2.05. The van der Waals surface area contributed by atoms with Crippen molar-refractivity contribution in [3.63, 3.8) is 0 Å². The maximum absolute atomic E-state index is 13.3. The minimum atomic E-state index is -0.596. The Balaban J connectivity index is 2.70. The van der Waals surface area contributed by atoms with Crippen LogP contribution in [0.3, 0.4) is 0 Å². The fourth-order valence-corrected chi connectivity index (χ4v) is 1.02. The third kappa shape index (κ3) is 3.19. The fourth-order valence-electron chi connectivity index (χ4n) is 1.02. The van der Waals surface area contributed by atoms with Crippen LogP contribution in [0.1, 0.15) is 12.0 Å². The average molecular weight is 214 g/mol. The van der Waals surface area contributed by atoms with Gasteiger partial charge in [-0.05, 0) is 18.2 Å². The number of nitrogens with one attached hydrogen (secondary N) is 1. The second kappa shape index (κ2) is 5.29. The van der Waals surface area contributed by atoms with E-state index in [1.165, 1.54) is 12.1 Å². The van der Waals surface area contributed by atoms with Gasteiger partial charge in [-0.25, -0.2) is 4.39 Å². The van der Waals surface area contributed by atoms with E-state index in [9.17, 15) is 8.78 Å². The van der Waals surface area contributed by atoms with E-state index in [0.29, 0.717) is 5.56 Å². The van der Waals surface area contributed by atoms with Crippen LogP contribution < -0.4 is 10.5 Å². The Morgan fingerprint density at radius 1 is 1.47 bits per heavy atom. The van der Waals surface area contributed by atoms with Gasteiger partial charge in [-0.1, -0.05) is 0 Å². The average Bonchev–Trinajstić information content (AvgIpc) is 2.20. The molecule has 15 heavy (non-hydrogen) atoms. The molecule has 1 aromatic rings. The van der Waals surface area contributed by atoms with Gasteiger partial charge in [0.1, 0.15) is 5.84 Å². The molecule has 0 saturated carbocycles. The minimum Gasteiger partial charge on any atom is -0.490 e. The van der Waals surface area contributed by atoms with E-state index in [4.69, 9.17) is 15.9 Å². The Hall–Kier alpha value is -1.65. The summed E-state index contributed by atoms with van der Waals surface area (Å²) in [6.45, 7) is -0.361. The summed E-state index contributed by atoms with van der Waals surface area (Å²) in [5, 5.41) is 7.09. The lowest BCUT2D eigenvalue weighted by Crippen LogP contribution is -2.11. The normalized spacial score (nSPS) is 10.0. The summed E-state index contributed by atoms with van der Waals surface area (Å²) in [6.07, 6.45) is 0.230. The zero-order chi connectivity index (χ0) is 11.3. The first-order chi connectivity index (χ1) is 7.15. The van der Waals surface area contributed by atoms with Crippen LogP contribution in [0.5, 0.6) is 5.75 Å². The van der Waals surface area contributed by atoms with Crippen LogP contribution in [0.25, 0.3) is 0 Å². The van der Waals surface area contributed by atoms with Crippen molar-refractivity contribution in [1.29, 1.82) is 5.41 Å². The smallest absolute Gasteiger partial charge is 0.165 e. The molecule has 0 aromatic heterocycles. The number of amidine groups is 1. The van der Waals surface area contributed by atoms with Gasteiger partial charge < -0.3 is 10.5 Å². The van der Waals surface area contributed by atoms with E-state index >= 15 is 0 Å². The highest BCUT2D eigenvalue weighted by atomic mass is 19.1. The second-order valence-electron chi connectivity index (χ2n) is 2.95. The molecule has 3 nitrogen and oxygen atoms in total. The SMILES string of the molecule is N=C(N)c1ccc(OCCCF)c(F)c1. The number of rotatable bonds is 5. The molecule has 0 aliphatic heterocycles. The lowest BCUT2D eigenvalue weighted by Gasteiger charge is -2.07. The molecule has 0 amide bonds. The molecule has 0 radical (unpaired) electrons. The van der Waals surface area contributed by atoms with Crippen molar-refractivity contribution in [2.45, 2.75) is 6.42 Å². The van der Waals surface area contributed by atoms with Crippen molar-refractivity contribution in [2.24, 2.45) is 5.73 Å². The lowest BCUT2D eigenvalue weighted by molar-refractivity contribution is 0.277. The van der Waals surface area contributed by atoms with Crippen LogP contribution in [-0.2, 0) is 0 Å². The van der Waals surface area contributed by atoms with Gasteiger partial charge in [0, 0.05) is 12.0 Å². The van der Waals surface area contributed by atoms with Crippen molar-refractivity contribution in [3.8, 4) is 5.75 Å². The first-order valence-electron chi connectivity index (χ1n) is 4.48. The molecule has 0 unspecified atom stereocenters. The van der Waals surface area contributed by atoms with E-state index in [1.54, 1.807) is 0 Å². The number of hydrogen-bond acceptors (Lipinski definition) is 2. The number of hydrogen-bond donors (Lipinski definition) is 2. The van der Waals surface area contributed by atoms with Gasteiger partial charge in [0.2, 0.25) is 0 Å². The Morgan fingerprint density at radius 3 is 2.73 bits per heavy atom. The van der Waals surface area contributed by atoms with Crippen molar-refractivity contribution < 1.29 is 13.5 Å². The van der Waals surface area contributed by atoms with Gasteiger partial charge in [-0.2, -0.15) is 0 Å². The Kier molecular flexibility index (Phi) is 4.03. The van der Waals surface area contributed by atoms with Crippen LogP contribution in [0, 0.1) is 11.2 Å². The van der Waals surface area contributed by atoms with Gasteiger partial charge in [0.15, 0.2) is 11.6 Å². The predicted octanol–water partition coefficient (Wildman–Crippen LogP) is 1.85. The maximum Gasteiger partial charge on any atom is 0.165 e. The molecule has 0 heterocycles. The summed E-state index contributed by atoms with van der Waals surface area (Å²) in [5.41, 5.74) is 5.48. The van der Waals surface area contributed by atoms with Gasteiger partial charge in [0.25, 0.3) is 0 Å². The minimum absolute atomic E-state index is 0.0495. The van der Waals surface area contributed by atoms with E-state index in [2.05, 4.69) is 0 Å². The van der Waals surface area contributed by atoms with Crippen molar-refractivity contribution in [3.05, 3.63) is 29.6 Å². The summed E-state index contributed by atoms with van der Waals surface area (Å²) in [6, 6.07) is 3.98. The van der Waals surface area contributed by atoms with Crippen molar-refractivity contribution in [1.82, 2.24) is 0 Å². The summed E-state index contributed by atoms with van der Waals surface area (Å²) < 4.78 is 30.0. The molecule has 82 valence electrons. The molecule has 1 rings (SSSR count). The molecule has 0 fully saturated rings. The van der Waals surface area contributed by atoms with Gasteiger partial charge in [-0.3, -0.25) is 9.80 Å². The fraction of sp³-hybridized carbons (Fsp3) is 0.300. The van der Waals surface area contributed by atoms with Gasteiger partial charge >= 0.3 is 0 Å². The molecule has 5 heteroatoms. The molecule has 0 bridgehead atoms. The van der Waals surface area contributed by atoms with Crippen molar-refractivity contribution >= 4 is 5.84 Å². The number of benzene rings is 1. The molecule has 0 saturated heterocycles. The first-order valence-corrected chi connectivity index (χ1v) is 4.48. The predicted molar refractivity (Wildman–Crippen MR) is 53.5 cm³/mol. The van der Waals surface area contributed by atoms with Gasteiger partial charge in [-0.15, -0.1) is 0 Å². The molecule has 3 N–H and O–H groups in total. The van der Waals surface area contributed by atoms with Crippen molar-refractivity contribution in [2.75, 3.05) is 13.3 Å². The lowest BCUT2D eigenvalue weighted by atomic mass is 10.2. The Labute approximate surface area is 86.4 Å². The summed E-state index contributed by atoms with van der Waals surface area (Å²) >= 11 is 0. The van der Waals surface area contributed by atoms with Gasteiger partial charge in [0.05, 0.1) is 13.3 Å². The zero-order valence-corrected chi connectivity index (χ0v) is 8.09. The molecular weight excluding hydrogens is 202 g/mol. The molecule has 0 aliphatic carbocycles. The monoisotopic (exact) mass is 214 g/mol. The summed E-state index contributed by atoms with van der Waals surface area (Å²) in [7, 11) is 0. The van der Waals surface area contributed by atoms with E-state index in [1.807, 2.05) is 0 Å². The van der Waals surface area contributed by atoms with Crippen LogP contribution in [-0.4, -0.2) is 19.1 Å². The van der Waals surface area contributed by atoms with E-state index in [-0.39, 0.29) is 24.6 Å². The molecular formula is C10H12F2N2O. The number of halogens is 2. The zero-order valence-electron chi connectivity index (χ0n) is 8.09. The molecule has 0 atom stereocenters. The van der Waals surface area contributed by atoms with E-state index < -0.39 is 12.5 Å². The topological polar surface area (TPSA) is 59.1 Å². The van der Waals surface area contributed by atoms with Crippen LogP contribution in [0.2, 0.25) is 0 Å².